The molecule has 1 N–H and O–H groups in total. The van der Waals surface area contributed by atoms with Crippen LogP contribution in [-0.2, 0) is 9.53 Å². The molecule has 0 aliphatic heterocycles. The Labute approximate surface area is 107 Å². The van der Waals surface area contributed by atoms with Crippen LogP contribution in [0, 0.1) is 0 Å². The highest BCUT2D eigenvalue weighted by Gasteiger charge is 2.19. The number of esters is 1. The normalized spacial score (nSPS) is 14.1. The van der Waals surface area contributed by atoms with Crippen LogP contribution in [0.1, 0.15) is 31.9 Å². The summed E-state index contributed by atoms with van der Waals surface area (Å²) in [4.78, 5) is 11.5. The highest BCUT2D eigenvalue weighted by atomic mass is 35.5. The summed E-state index contributed by atoms with van der Waals surface area (Å²) in [5, 5.41) is 3.94. The molecule has 0 heterocycles. The number of methoxy groups -OCH3 is 1. The zero-order valence-electron chi connectivity index (χ0n) is 10.4. The first-order valence-corrected chi connectivity index (χ1v) is 6.05. The van der Waals surface area contributed by atoms with E-state index in [1.54, 1.807) is 0 Å². The van der Waals surface area contributed by atoms with Crippen LogP contribution in [0.15, 0.2) is 24.3 Å². The smallest absolute Gasteiger partial charge is 0.322 e. The number of halogens is 1. The van der Waals surface area contributed by atoms with Gasteiger partial charge >= 0.3 is 5.97 Å². The number of nitrogens with one attached hydrogen (secondary N) is 1. The summed E-state index contributed by atoms with van der Waals surface area (Å²) in [5.41, 5.74) is 1.09. The molecule has 0 fully saturated rings. The third kappa shape index (κ3) is 4.02. The molecule has 0 aromatic heterocycles. The van der Waals surface area contributed by atoms with E-state index in [2.05, 4.69) is 5.32 Å². The number of carbonyl (C=O) groups is 1. The molecule has 0 aliphatic carbocycles. The number of ether oxygens (including phenoxy) is 1. The number of hydrogen-bond donors (Lipinski definition) is 1. The van der Waals surface area contributed by atoms with Crippen molar-refractivity contribution in [3.63, 3.8) is 0 Å². The molecule has 0 spiro atoms. The minimum atomic E-state index is -0.273. The molecule has 4 heteroatoms. The molecule has 1 aromatic carbocycles. The van der Waals surface area contributed by atoms with Gasteiger partial charge in [0.05, 0.1) is 7.11 Å². The number of carbonyl (C=O) groups excluding carboxylic acids is 1. The SMILES string of the molecule is CCC(N[C@H](C)c1ccc(Cl)cc1)C(=O)OC. The van der Waals surface area contributed by atoms with E-state index in [0.717, 1.165) is 5.56 Å². The van der Waals surface area contributed by atoms with Crippen LogP contribution >= 0.6 is 11.6 Å². The predicted molar refractivity (Wildman–Crippen MR) is 69.1 cm³/mol. The summed E-state index contributed by atoms with van der Waals surface area (Å²) in [6, 6.07) is 7.39. The highest BCUT2D eigenvalue weighted by molar-refractivity contribution is 6.30. The molecule has 94 valence electrons. The molecule has 17 heavy (non-hydrogen) atoms. The van der Waals surface area contributed by atoms with Crippen LogP contribution in [-0.4, -0.2) is 19.1 Å². The van der Waals surface area contributed by atoms with Crippen LogP contribution in [0.5, 0.6) is 0 Å². The Balaban J connectivity index is 2.67. The first-order chi connectivity index (χ1) is 8.08. The van der Waals surface area contributed by atoms with Gasteiger partial charge in [0.25, 0.3) is 0 Å². The minimum absolute atomic E-state index is 0.0799. The van der Waals surface area contributed by atoms with Gasteiger partial charge in [0.15, 0.2) is 0 Å². The highest BCUT2D eigenvalue weighted by Crippen LogP contribution is 2.17. The van der Waals surface area contributed by atoms with E-state index in [0.29, 0.717) is 11.4 Å². The van der Waals surface area contributed by atoms with Crippen molar-refractivity contribution >= 4 is 17.6 Å². The first kappa shape index (κ1) is 14.0. The molecule has 2 atom stereocenters. The van der Waals surface area contributed by atoms with Gasteiger partial charge in [-0.1, -0.05) is 30.7 Å². The van der Waals surface area contributed by atoms with E-state index in [4.69, 9.17) is 16.3 Å². The lowest BCUT2D eigenvalue weighted by Gasteiger charge is -2.20. The van der Waals surface area contributed by atoms with Crippen molar-refractivity contribution in [3.8, 4) is 0 Å². The van der Waals surface area contributed by atoms with Gasteiger partial charge < -0.3 is 4.74 Å². The van der Waals surface area contributed by atoms with Crippen molar-refractivity contribution in [2.24, 2.45) is 0 Å². The van der Waals surface area contributed by atoms with E-state index >= 15 is 0 Å². The molecule has 1 rings (SSSR count). The Bertz CT molecular complexity index is 364. The maximum Gasteiger partial charge on any atom is 0.322 e. The van der Waals surface area contributed by atoms with Crippen LogP contribution in [0.25, 0.3) is 0 Å². The lowest BCUT2D eigenvalue weighted by molar-refractivity contribution is -0.143. The Morgan fingerprint density at radius 2 is 2.00 bits per heavy atom. The molecule has 0 bridgehead atoms. The summed E-state index contributed by atoms with van der Waals surface area (Å²) >= 11 is 5.83. The summed E-state index contributed by atoms with van der Waals surface area (Å²) in [6.45, 7) is 3.96. The van der Waals surface area contributed by atoms with Crippen molar-refractivity contribution in [1.82, 2.24) is 5.32 Å². The Morgan fingerprint density at radius 1 is 1.41 bits per heavy atom. The van der Waals surface area contributed by atoms with Gasteiger partial charge in [0, 0.05) is 11.1 Å². The van der Waals surface area contributed by atoms with Crippen molar-refractivity contribution in [2.75, 3.05) is 7.11 Å². The number of benzene rings is 1. The Kier molecular flexibility index (Phi) is 5.45. The Morgan fingerprint density at radius 3 is 2.47 bits per heavy atom. The van der Waals surface area contributed by atoms with Gasteiger partial charge in [0.1, 0.15) is 6.04 Å². The van der Waals surface area contributed by atoms with Crippen molar-refractivity contribution in [1.29, 1.82) is 0 Å². The molecule has 0 radical (unpaired) electrons. The standard InChI is InChI=1S/C13H18ClNO2/c1-4-12(13(16)17-3)15-9(2)10-5-7-11(14)8-6-10/h5-9,12,15H,4H2,1-3H3/t9-,12?/m1/s1. The maximum atomic E-state index is 11.5. The summed E-state index contributed by atoms with van der Waals surface area (Å²) in [6.07, 6.45) is 0.699. The molecule has 3 nitrogen and oxygen atoms in total. The van der Waals surface area contributed by atoms with E-state index in [1.165, 1.54) is 7.11 Å². The van der Waals surface area contributed by atoms with E-state index < -0.39 is 0 Å². The molecule has 0 saturated heterocycles. The van der Waals surface area contributed by atoms with Gasteiger partial charge in [0.2, 0.25) is 0 Å². The van der Waals surface area contributed by atoms with Crippen LogP contribution in [0.2, 0.25) is 5.02 Å². The molecular formula is C13H18ClNO2. The predicted octanol–water partition coefficient (Wildman–Crippen LogP) is 2.94. The molecule has 0 aliphatic rings. The second-order valence-electron chi connectivity index (χ2n) is 3.92. The lowest BCUT2D eigenvalue weighted by Crippen LogP contribution is -2.38. The largest absolute Gasteiger partial charge is 0.468 e. The second kappa shape index (κ2) is 6.62. The number of hydrogen-bond acceptors (Lipinski definition) is 3. The first-order valence-electron chi connectivity index (χ1n) is 5.67. The monoisotopic (exact) mass is 255 g/mol. The summed E-state index contributed by atoms with van der Waals surface area (Å²) in [7, 11) is 1.40. The fourth-order valence-electron chi connectivity index (χ4n) is 1.64. The van der Waals surface area contributed by atoms with Gasteiger partial charge in [-0.05, 0) is 31.0 Å². The van der Waals surface area contributed by atoms with E-state index in [9.17, 15) is 4.79 Å². The van der Waals surface area contributed by atoms with Crippen molar-refractivity contribution in [3.05, 3.63) is 34.9 Å². The third-order valence-corrected chi connectivity index (χ3v) is 2.97. The third-order valence-electron chi connectivity index (χ3n) is 2.72. The molecule has 1 unspecified atom stereocenters. The maximum absolute atomic E-state index is 11.5. The quantitative estimate of drug-likeness (QED) is 0.822. The topological polar surface area (TPSA) is 38.3 Å². The fourth-order valence-corrected chi connectivity index (χ4v) is 1.77. The number of rotatable bonds is 5. The zero-order chi connectivity index (χ0) is 12.8. The molecular weight excluding hydrogens is 238 g/mol. The van der Waals surface area contributed by atoms with Gasteiger partial charge in [-0.15, -0.1) is 0 Å². The van der Waals surface area contributed by atoms with Crippen molar-refractivity contribution < 1.29 is 9.53 Å². The van der Waals surface area contributed by atoms with Crippen LogP contribution in [0.4, 0.5) is 0 Å². The second-order valence-corrected chi connectivity index (χ2v) is 4.36. The van der Waals surface area contributed by atoms with Gasteiger partial charge in [-0.2, -0.15) is 0 Å². The van der Waals surface area contributed by atoms with Crippen LogP contribution in [0.3, 0.4) is 0 Å². The average molecular weight is 256 g/mol. The van der Waals surface area contributed by atoms with E-state index in [1.807, 2.05) is 38.1 Å². The Hall–Kier alpha value is -1.06. The summed E-state index contributed by atoms with van der Waals surface area (Å²) in [5.74, 6) is -0.228. The van der Waals surface area contributed by atoms with Crippen molar-refractivity contribution in [2.45, 2.75) is 32.4 Å². The molecule has 0 saturated carbocycles. The molecule has 0 amide bonds. The van der Waals surface area contributed by atoms with Crippen LogP contribution < -0.4 is 5.32 Å². The van der Waals surface area contributed by atoms with Gasteiger partial charge in [-0.25, -0.2) is 0 Å². The fraction of sp³-hybridized carbons (Fsp3) is 0.462. The lowest BCUT2D eigenvalue weighted by atomic mass is 10.1. The summed E-state index contributed by atoms with van der Waals surface area (Å²) < 4.78 is 4.74. The van der Waals surface area contributed by atoms with Gasteiger partial charge in [-0.3, -0.25) is 10.1 Å². The van der Waals surface area contributed by atoms with E-state index in [-0.39, 0.29) is 18.1 Å². The minimum Gasteiger partial charge on any atom is -0.468 e. The zero-order valence-corrected chi connectivity index (χ0v) is 11.1. The molecule has 1 aromatic rings. The average Bonchev–Trinajstić information content (AvgIpc) is 2.35.